The van der Waals surface area contributed by atoms with Gasteiger partial charge in [0.15, 0.2) is 0 Å². The molecule has 0 aliphatic carbocycles. The van der Waals surface area contributed by atoms with Gasteiger partial charge in [0.1, 0.15) is 0 Å². The largest absolute Gasteiger partial charge is 0.311 e. The van der Waals surface area contributed by atoms with Crippen molar-refractivity contribution < 1.29 is 4.79 Å². The lowest BCUT2D eigenvalue weighted by molar-refractivity contribution is 0.0993. The van der Waals surface area contributed by atoms with Crippen LogP contribution in [0, 0.1) is 18.3 Å². The standard InChI is InChI=1S/C16H13ClN2O/c1-11-7-13(9-14(17)8-11)16(20)19(2)15-5-3-12(10-18)4-6-15/h3-9H,1-2H3. The Kier molecular flexibility index (Phi) is 4.07. The summed E-state index contributed by atoms with van der Waals surface area (Å²) in [5, 5.41) is 9.31. The van der Waals surface area contributed by atoms with Crippen molar-refractivity contribution in [3.05, 3.63) is 64.2 Å². The molecule has 20 heavy (non-hydrogen) atoms. The van der Waals surface area contributed by atoms with Gasteiger partial charge in [-0.05, 0) is 55.0 Å². The molecule has 0 bridgehead atoms. The third kappa shape index (κ3) is 2.98. The summed E-state index contributed by atoms with van der Waals surface area (Å²) >= 11 is 5.98. The molecule has 4 heteroatoms. The van der Waals surface area contributed by atoms with E-state index in [2.05, 4.69) is 0 Å². The van der Waals surface area contributed by atoms with Gasteiger partial charge in [-0.3, -0.25) is 4.79 Å². The van der Waals surface area contributed by atoms with E-state index >= 15 is 0 Å². The van der Waals surface area contributed by atoms with Crippen molar-refractivity contribution in [2.75, 3.05) is 11.9 Å². The first-order chi connectivity index (χ1) is 9.51. The number of amides is 1. The Labute approximate surface area is 123 Å². The summed E-state index contributed by atoms with van der Waals surface area (Å²) in [7, 11) is 1.69. The Morgan fingerprint density at radius 2 is 1.85 bits per heavy atom. The van der Waals surface area contributed by atoms with Gasteiger partial charge in [0.05, 0.1) is 11.6 Å². The molecule has 0 atom stereocenters. The van der Waals surface area contributed by atoms with Crippen LogP contribution in [0.15, 0.2) is 42.5 Å². The molecule has 3 nitrogen and oxygen atoms in total. The lowest BCUT2D eigenvalue weighted by Crippen LogP contribution is -2.26. The number of hydrogen-bond acceptors (Lipinski definition) is 2. The first kappa shape index (κ1) is 14.1. The molecule has 2 aromatic rings. The molecule has 0 spiro atoms. The monoisotopic (exact) mass is 284 g/mol. The summed E-state index contributed by atoms with van der Waals surface area (Å²) < 4.78 is 0. The first-order valence-corrected chi connectivity index (χ1v) is 6.44. The second-order valence-electron chi connectivity index (χ2n) is 4.54. The minimum Gasteiger partial charge on any atom is -0.311 e. The highest BCUT2D eigenvalue weighted by molar-refractivity contribution is 6.31. The number of nitriles is 1. The highest BCUT2D eigenvalue weighted by Crippen LogP contribution is 2.19. The van der Waals surface area contributed by atoms with Crippen molar-refractivity contribution in [3.63, 3.8) is 0 Å². The smallest absolute Gasteiger partial charge is 0.258 e. The Morgan fingerprint density at radius 3 is 2.40 bits per heavy atom. The topological polar surface area (TPSA) is 44.1 Å². The van der Waals surface area contributed by atoms with Crippen molar-refractivity contribution in [2.45, 2.75) is 6.92 Å². The second-order valence-corrected chi connectivity index (χ2v) is 4.98. The molecule has 0 saturated heterocycles. The van der Waals surface area contributed by atoms with E-state index in [9.17, 15) is 4.79 Å². The summed E-state index contributed by atoms with van der Waals surface area (Å²) in [6.07, 6.45) is 0. The van der Waals surface area contributed by atoms with E-state index in [1.807, 2.05) is 13.0 Å². The molecule has 0 aromatic heterocycles. The average molecular weight is 285 g/mol. The number of carbonyl (C=O) groups is 1. The highest BCUT2D eigenvalue weighted by Gasteiger charge is 2.14. The molecule has 100 valence electrons. The van der Waals surface area contributed by atoms with Gasteiger partial charge in [-0.15, -0.1) is 0 Å². The molecule has 0 radical (unpaired) electrons. The Hall–Kier alpha value is -2.31. The zero-order valence-corrected chi connectivity index (χ0v) is 12.0. The third-order valence-corrected chi connectivity index (χ3v) is 3.20. The molecule has 0 heterocycles. The van der Waals surface area contributed by atoms with E-state index in [4.69, 9.17) is 16.9 Å². The Morgan fingerprint density at radius 1 is 1.20 bits per heavy atom. The SMILES string of the molecule is Cc1cc(Cl)cc(C(=O)N(C)c2ccc(C#N)cc2)c1. The number of anilines is 1. The van der Waals surface area contributed by atoms with Crippen LogP contribution in [0.3, 0.4) is 0 Å². The van der Waals surface area contributed by atoms with Gasteiger partial charge in [-0.1, -0.05) is 11.6 Å². The summed E-state index contributed by atoms with van der Waals surface area (Å²) in [4.78, 5) is 13.9. The lowest BCUT2D eigenvalue weighted by Gasteiger charge is -2.18. The predicted octanol–water partition coefficient (Wildman–Crippen LogP) is 3.80. The first-order valence-electron chi connectivity index (χ1n) is 6.06. The van der Waals surface area contributed by atoms with Crippen molar-refractivity contribution in [1.82, 2.24) is 0 Å². The Balaban J connectivity index is 2.29. The molecule has 2 aromatic carbocycles. The fraction of sp³-hybridized carbons (Fsp3) is 0.125. The zero-order chi connectivity index (χ0) is 14.7. The second kappa shape index (κ2) is 5.77. The number of hydrogen-bond donors (Lipinski definition) is 0. The quantitative estimate of drug-likeness (QED) is 0.842. The molecule has 0 saturated carbocycles. The van der Waals surface area contributed by atoms with Gasteiger partial charge in [0, 0.05) is 23.3 Å². The fourth-order valence-corrected chi connectivity index (χ4v) is 2.22. The molecule has 0 aliphatic heterocycles. The van der Waals surface area contributed by atoms with E-state index in [0.29, 0.717) is 16.1 Å². The van der Waals surface area contributed by atoms with Crippen molar-refractivity contribution >= 4 is 23.2 Å². The van der Waals surface area contributed by atoms with Crippen LogP contribution in [-0.2, 0) is 0 Å². The lowest BCUT2D eigenvalue weighted by atomic mass is 10.1. The maximum atomic E-state index is 12.4. The Bertz CT molecular complexity index is 666. The van der Waals surface area contributed by atoms with E-state index in [0.717, 1.165) is 11.3 Å². The zero-order valence-electron chi connectivity index (χ0n) is 11.2. The van der Waals surface area contributed by atoms with Gasteiger partial charge in [0.2, 0.25) is 0 Å². The van der Waals surface area contributed by atoms with Crippen LogP contribution < -0.4 is 4.90 Å². The van der Waals surface area contributed by atoms with Crippen LogP contribution in [0.5, 0.6) is 0 Å². The van der Waals surface area contributed by atoms with Crippen molar-refractivity contribution in [1.29, 1.82) is 5.26 Å². The average Bonchev–Trinajstić information content (AvgIpc) is 2.45. The molecule has 2 rings (SSSR count). The van der Waals surface area contributed by atoms with Crippen molar-refractivity contribution in [2.24, 2.45) is 0 Å². The molecule has 0 aliphatic rings. The molecule has 1 amide bonds. The van der Waals surface area contributed by atoms with Gasteiger partial charge >= 0.3 is 0 Å². The molecule has 0 fully saturated rings. The molecule has 0 unspecified atom stereocenters. The van der Waals surface area contributed by atoms with Crippen LogP contribution in [0.1, 0.15) is 21.5 Å². The minimum atomic E-state index is -0.139. The van der Waals surface area contributed by atoms with E-state index in [1.165, 1.54) is 4.90 Å². The van der Waals surface area contributed by atoms with Gasteiger partial charge in [-0.25, -0.2) is 0 Å². The highest BCUT2D eigenvalue weighted by atomic mass is 35.5. The number of rotatable bonds is 2. The van der Waals surface area contributed by atoms with E-state index < -0.39 is 0 Å². The maximum Gasteiger partial charge on any atom is 0.258 e. The van der Waals surface area contributed by atoms with Crippen LogP contribution >= 0.6 is 11.6 Å². The number of carbonyl (C=O) groups excluding carboxylic acids is 1. The number of aryl methyl sites for hydroxylation is 1. The minimum absolute atomic E-state index is 0.139. The summed E-state index contributed by atoms with van der Waals surface area (Å²) in [5.74, 6) is -0.139. The van der Waals surface area contributed by atoms with Gasteiger partial charge in [0.25, 0.3) is 5.91 Å². The molecular formula is C16H13ClN2O. The van der Waals surface area contributed by atoms with Crippen molar-refractivity contribution in [3.8, 4) is 6.07 Å². The molecular weight excluding hydrogens is 272 g/mol. The van der Waals surface area contributed by atoms with Crippen LogP contribution in [0.2, 0.25) is 5.02 Å². The summed E-state index contributed by atoms with van der Waals surface area (Å²) in [5.41, 5.74) is 2.77. The van der Waals surface area contributed by atoms with Crippen LogP contribution in [-0.4, -0.2) is 13.0 Å². The third-order valence-electron chi connectivity index (χ3n) is 2.98. The van der Waals surface area contributed by atoms with Gasteiger partial charge < -0.3 is 4.90 Å². The number of halogens is 1. The van der Waals surface area contributed by atoms with E-state index in [1.54, 1.807) is 49.5 Å². The number of benzene rings is 2. The van der Waals surface area contributed by atoms with Gasteiger partial charge in [-0.2, -0.15) is 5.26 Å². The molecule has 0 N–H and O–H groups in total. The van der Waals surface area contributed by atoms with E-state index in [-0.39, 0.29) is 5.91 Å². The summed E-state index contributed by atoms with van der Waals surface area (Å²) in [6.45, 7) is 1.89. The number of nitrogens with zero attached hydrogens (tertiary/aromatic N) is 2. The fourth-order valence-electron chi connectivity index (χ4n) is 1.93. The maximum absolute atomic E-state index is 12.4. The predicted molar refractivity (Wildman–Crippen MR) is 80.1 cm³/mol. The van der Waals surface area contributed by atoms with Crippen LogP contribution in [0.25, 0.3) is 0 Å². The normalized spacial score (nSPS) is 9.90. The van der Waals surface area contributed by atoms with Crippen LogP contribution in [0.4, 0.5) is 5.69 Å². The summed E-state index contributed by atoms with van der Waals surface area (Å²) in [6, 6.07) is 14.2.